The Hall–Kier alpha value is -2.66. The van der Waals surface area contributed by atoms with Gasteiger partial charge in [0.25, 0.3) is 5.91 Å². The van der Waals surface area contributed by atoms with Crippen LogP contribution in [0.3, 0.4) is 0 Å². The first-order valence-electron chi connectivity index (χ1n) is 8.73. The van der Waals surface area contributed by atoms with Crippen LogP contribution in [-0.4, -0.2) is 16.7 Å². The van der Waals surface area contributed by atoms with Crippen molar-refractivity contribution in [2.24, 2.45) is 5.10 Å². The van der Waals surface area contributed by atoms with Gasteiger partial charge in [-0.15, -0.1) is 0 Å². The van der Waals surface area contributed by atoms with Crippen LogP contribution in [0.2, 0.25) is 0 Å². The normalized spacial score (nSPS) is 11.1. The quantitative estimate of drug-likeness (QED) is 0.452. The van der Waals surface area contributed by atoms with E-state index in [-0.39, 0.29) is 5.91 Å². The highest BCUT2D eigenvalue weighted by molar-refractivity contribution is 9.10. The van der Waals surface area contributed by atoms with Gasteiger partial charge in [0.2, 0.25) is 0 Å². The van der Waals surface area contributed by atoms with Crippen molar-refractivity contribution >= 4 is 28.1 Å². The summed E-state index contributed by atoms with van der Waals surface area (Å²) in [4.78, 5) is 12.2. The number of rotatable bonds is 4. The summed E-state index contributed by atoms with van der Waals surface area (Å²) in [6.07, 6.45) is 1.70. The van der Waals surface area contributed by atoms with E-state index in [2.05, 4.69) is 83.0 Å². The van der Waals surface area contributed by atoms with Crippen molar-refractivity contribution in [1.29, 1.82) is 0 Å². The molecule has 0 fully saturated rings. The van der Waals surface area contributed by atoms with Crippen LogP contribution in [0.15, 0.2) is 58.1 Å². The average Bonchev–Trinajstić information content (AvgIpc) is 2.89. The lowest BCUT2D eigenvalue weighted by Crippen LogP contribution is -2.17. The monoisotopic (exact) mass is 423 g/mol. The summed E-state index contributed by atoms with van der Waals surface area (Å²) < 4.78 is 3.10. The van der Waals surface area contributed by atoms with Crippen LogP contribution in [0.4, 0.5) is 0 Å². The molecule has 138 valence electrons. The minimum absolute atomic E-state index is 0.240. The number of para-hydroxylation sites is 1. The van der Waals surface area contributed by atoms with Gasteiger partial charge >= 0.3 is 0 Å². The highest BCUT2D eigenvalue weighted by Gasteiger charge is 2.13. The molecule has 4 nitrogen and oxygen atoms in total. The summed E-state index contributed by atoms with van der Waals surface area (Å²) in [6.45, 7) is 8.38. The average molecular weight is 424 g/mol. The second kappa shape index (κ2) is 7.92. The molecular formula is C22H22BrN3O. The molecule has 0 atom stereocenters. The molecule has 3 aromatic rings. The van der Waals surface area contributed by atoms with Crippen LogP contribution in [0.25, 0.3) is 5.69 Å². The Bertz CT molecular complexity index is 1010. The van der Waals surface area contributed by atoms with Gasteiger partial charge in [-0.05, 0) is 63.1 Å². The van der Waals surface area contributed by atoms with E-state index < -0.39 is 0 Å². The molecule has 0 bridgehead atoms. The largest absolute Gasteiger partial charge is 0.317 e. The highest BCUT2D eigenvalue weighted by atomic mass is 79.9. The molecule has 0 aliphatic rings. The van der Waals surface area contributed by atoms with Gasteiger partial charge in [0.05, 0.1) is 11.9 Å². The number of benzene rings is 2. The predicted molar refractivity (Wildman–Crippen MR) is 114 cm³/mol. The van der Waals surface area contributed by atoms with Crippen molar-refractivity contribution in [2.45, 2.75) is 27.7 Å². The Balaban J connectivity index is 1.85. The molecular weight excluding hydrogens is 402 g/mol. The van der Waals surface area contributed by atoms with Crippen LogP contribution in [-0.2, 0) is 0 Å². The number of hydrazone groups is 1. The third kappa shape index (κ3) is 4.03. The van der Waals surface area contributed by atoms with E-state index >= 15 is 0 Å². The fourth-order valence-electron chi connectivity index (χ4n) is 3.28. The number of aryl methyl sites for hydroxylation is 3. The lowest BCUT2D eigenvalue weighted by atomic mass is 10.1. The number of carbonyl (C=O) groups excluding carboxylic acids is 1. The van der Waals surface area contributed by atoms with Crippen LogP contribution >= 0.6 is 15.9 Å². The van der Waals surface area contributed by atoms with Crippen LogP contribution in [0, 0.1) is 27.7 Å². The molecule has 0 saturated heterocycles. The maximum Gasteiger partial charge on any atom is 0.271 e. The van der Waals surface area contributed by atoms with Gasteiger partial charge in [0.15, 0.2) is 0 Å². The third-order valence-electron chi connectivity index (χ3n) is 4.59. The van der Waals surface area contributed by atoms with Gasteiger partial charge in [-0.2, -0.15) is 5.10 Å². The van der Waals surface area contributed by atoms with Gasteiger partial charge in [0.1, 0.15) is 0 Å². The number of nitrogens with zero attached hydrogens (tertiary/aromatic N) is 2. The smallest absolute Gasteiger partial charge is 0.271 e. The Morgan fingerprint density at radius 1 is 1.04 bits per heavy atom. The topological polar surface area (TPSA) is 46.4 Å². The summed E-state index contributed by atoms with van der Waals surface area (Å²) in [5.74, 6) is -0.240. The van der Waals surface area contributed by atoms with Crippen LogP contribution < -0.4 is 5.43 Å². The summed E-state index contributed by atoms with van der Waals surface area (Å²) in [6, 6.07) is 15.6. The van der Waals surface area contributed by atoms with E-state index in [9.17, 15) is 4.79 Å². The van der Waals surface area contributed by atoms with Gasteiger partial charge < -0.3 is 4.57 Å². The Labute approximate surface area is 168 Å². The molecule has 1 amide bonds. The van der Waals surface area contributed by atoms with Gasteiger partial charge in [-0.1, -0.05) is 40.2 Å². The first-order valence-corrected chi connectivity index (χ1v) is 9.52. The van der Waals surface area contributed by atoms with Crippen LogP contribution in [0.5, 0.6) is 0 Å². The molecule has 0 saturated carbocycles. The van der Waals surface area contributed by atoms with Crippen molar-refractivity contribution in [3.8, 4) is 5.69 Å². The first-order chi connectivity index (χ1) is 12.9. The number of carbonyl (C=O) groups is 1. The molecule has 1 aromatic heterocycles. The minimum Gasteiger partial charge on any atom is -0.317 e. The fourth-order valence-corrected chi connectivity index (χ4v) is 3.67. The maximum atomic E-state index is 12.2. The number of nitrogens with one attached hydrogen (secondary N) is 1. The van der Waals surface area contributed by atoms with E-state index in [1.165, 1.54) is 16.8 Å². The van der Waals surface area contributed by atoms with Crippen molar-refractivity contribution in [3.63, 3.8) is 0 Å². The third-order valence-corrected chi connectivity index (χ3v) is 5.08. The van der Waals surface area contributed by atoms with Gasteiger partial charge in [0, 0.05) is 27.0 Å². The van der Waals surface area contributed by atoms with Crippen molar-refractivity contribution in [3.05, 3.63) is 86.6 Å². The number of aromatic nitrogens is 1. The summed E-state index contributed by atoms with van der Waals surface area (Å²) in [5.41, 5.74) is 10.00. The Morgan fingerprint density at radius 3 is 2.37 bits per heavy atom. The van der Waals surface area contributed by atoms with E-state index in [0.717, 1.165) is 21.4 Å². The minimum atomic E-state index is -0.240. The first kappa shape index (κ1) is 19.1. The number of halogens is 1. The van der Waals surface area contributed by atoms with E-state index in [0.29, 0.717) is 5.56 Å². The zero-order valence-corrected chi connectivity index (χ0v) is 17.5. The number of amides is 1. The Kier molecular flexibility index (Phi) is 5.61. The lowest BCUT2D eigenvalue weighted by Gasteiger charge is -2.15. The number of hydrogen-bond donors (Lipinski definition) is 1. The SMILES string of the molecule is Cc1cccc(C)c1-n1c(C)cc(/C=N\NC(=O)c2cccc(Br)c2)c1C. The maximum absolute atomic E-state index is 12.2. The summed E-state index contributed by atoms with van der Waals surface area (Å²) >= 11 is 3.37. The van der Waals surface area contributed by atoms with Crippen molar-refractivity contribution in [1.82, 2.24) is 9.99 Å². The van der Waals surface area contributed by atoms with Crippen LogP contribution in [0.1, 0.15) is 38.4 Å². The van der Waals surface area contributed by atoms with E-state index in [1.807, 2.05) is 12.1 Å². The molecule has 1 heterocycles. The summed E-state index contributed by atoms with van der Waals surface area (Å²) in [5, 5.41) is 4.15. The van der Waals surface area contributed by atoms with E-state index in [4.69, 9.17) is 0 Å². The fraction of sp³-hybridized carbons (Fsp3) is 0.182. The summed E-state index contributed by atoms with van der Waals surface area (Å²) in [7, 11) is 0. The molecule has 0 spiro atoms. The zero-order valence-electron chi connectivity index (χ0n) is 15.9. The highest BCUT2D eigenvalue weighted by Crippen LogP contribution is 2.25. The molecule has 3 rings (SSSR count). The van der Waals surface area contributed by atoms with Crippen molar-refractivity contribution < 1.29 is 4.79 Å². The molecule has 2 aromatic carbocycles. The Morgan fingerprint density at radius 2 is 1.70 bits per heavy atom. The number of hydrogen-bond acceptors (Lipinski definition) is 2. The van der Waals surface area contributed by atoms with Crippen molar-refractivity contribution in [2.75, 3.05) is 0 Å². The molecule has 0 aliphatic heterocycles. The lowest BCUT2D eigenvalue weighted by molar-refractivity contribution is 0.0955. The zero-order chi connectivity index (χ0) is 19.6. The molecule has 27 heavy (non-hydrogen) atoms. The second-order valence-electron chi connectivity index (χ2n) is 6.61. The standard InChI is InChI=1S/C22H22BrN3O/c1-14-7-5-8-15(2)21(14)26-16(3)11-19(17(26)4)13-24-25-22(27)18-9-6-10-20(23)12-18/h5-13H,1-4H3,(H,25,27)/b24-13-. The molecule has 1 N–H and O–H groups in total. The molecule has 5 heteroatoms. The van der Waals surface area contributed by atoms with Gasteiger partial charge in [-0.25, -0.2) is 5.43 Å². The van der Waals surface area contributed by atoms with E-state index in [1.54, 1.807) is 18.3 Å². The van der Waals surface area contributed by atoms with Gasteiger partial charge in [-0.3, -0.25) is 4.79 Å². The molecule has 0 radical (unpaired) electrons. The molecule has 0 aliphatic carbocycles. The second-order valence-corrected chi connectivity index (χ2v) is 7.53. The predicted octanol–water partition coefficient (Wildman–Crippen LogP) is 5.24. The molecule has 0 unspecified atom stereocenters.